The number of pyridine rings is 2. The highest BCUT2D eigenvalue weighted by Crippen LogP contribution is 2.15. The average molecular weight is 320 g/mol. The van der Waals surface area contributed by atoms with Crippen molar-refractivity contribution in [2.45, 2.75) is 32.9 Å². The van der Waals surface area contributed by atoms with E-state index >= 15 is 0 Å². The second-order valence-electron chi connectivity index (χ2n) is 6.01. The number of phenolic OH excluding ortho intramolecular Hbond substituents is 1. The lowest BCUT2D eigenvalue weighted by Crippen LogP contribution is -2.32. The van der Waals surface area contributed by atoms with E-state index in [1.54, 1.807) is 12.1 Å². The highest BCUT2D eigenvalue weighted by atomic mass is 16.3. The predicted octanol–water partition coefficient (Wildman–Crippen LogP) is 3.29. The third-order valence-electron chi connectivity index (χ3n) is 4.30. The highest BCUT2D eigenvalue weighted by molar-refractivity contribution is 5.60. The lowest BCUT2D eigenvalue weighted by atomic mass is 10.1. The van der Waals surface area contributed by atoms with Crippen LogP contribution in [0.5, 0.6) is 5.75 Å². The van der Waals surface area contributed by atoms with Crippen LogP contribution >= 0.6 is 0 Å². The predicted molar refractivity (Wildman–Crippen MR) is 94.4 cm³/mol. The van der Waals surface area contributed by atoms with Crippen molar-refractivity contribution >= 4 is 0 Å². The van der Waals surface area contributed by atoms with Crippen LogP contribution in [0.1, 0.15) is 18.9 Å². The highest BCUT2D eigenvalue weighted by Gasteiger charge is 2.05. The number of aryl methyl sites for hydroxylation is 3. The normalized spacial score (nSPS) is 10.7. The van der Waals surface area contributed by atoms with E-state index in [-0.39, 0.29) is 0 Å². The van der Waals surface area contributed by atoms with Crippen molar-refractivity contribution in [1.82, 2.24) is 0 Å². The number of phenols is 1. The van der Waals surface area contributed by atoms with Crippen molar-refractivity contribution in [2.24, 2.45) is 0 Å². The second kappa shape index (κ2) is 7.73. The van der Waals surface area contributed by atoms with Crippen LogP contribution in [0.3, 0.4) is 0 Å². The molecule has 3 aromatic rings. The van der Waals surface area contributed by atoms with Gasteiger partial charge >= 0.3 is 0 Å². The van der Waals surface area contributed by atoms with E-state index in [0.717, 1.165) is 25.9 Å². The molecule has 0 saturated carbocycles. The molecule has 0 unspecified atom stereocenters. The molecule has 2 aromatic heterocycles. The molecule has 0 spiro atoms. The van der Waals surface area contributed by atoms with Crippen molar-refractivity contribution < 1.29 is 14.2 Å². The second-order valence-corrected chi connectivity index (χ2v) is 6.01. The Morgan fingerprint density at radius 1 is 0.750 bits per heavy atom. The number of aromatic nitrogens is 2. The maximum absolute atomic E-state index is 9.30. The van der Waals surface area contributed by atoms with Gasteiger partial charge in [-0.3, -0.25) is 0 Å². The molecule has 0 aliphatic heterocycles. The molecule has 0 aliphatic carbocycles. The van der Waals surface area contributed by atoms with E-state index in [0.29, 0.717) is 5.75 Å². The van der Waals surface area contributed by atoms with Crippen LogP contribution in [0.2, 0.25) is 0 Å². The van der Waals surface area contributed by atoms with Crippen molar-refractivity contribution in [2.75, 3.05) is 0 Å². The quantitative estimate of drug-likeness (QED) is 0.694. The third kappa shape index (κ3) is 4.19. The summed E-state index contributed by atoms with van der Waals surface area (Å²) in [6.07, 6.45) is 10.6. The minimum atomic E-state index is 0.328. The van der Waals surface area contributed by atoms with Gasteiger partial charge in [-0.1, -0.05) is 12.1 Å². The van der Waals surface area contributed by atoms with Crippen LogP contribution < -0.4 is 9.13 Å². The van der Waals surface area contributed by atoms with Crippen LogP contribution in [-0.2, 0) is 19.5 Å². The first-order valence-corrected chi connectivity index (χ1v) is 8.51. The van der Waals surface area contributed by atoms with Gasteiger partial charge in [-0.25, -0.2) is 9.13 Å². The van der Waals surface area contributed by atoms with E-state index < -0.39 is 0 Å². The van der Waals surface area contributed by atoms with Gasteiger partial charge in [-0.05, 0) is 42.2 Å². The van der Waals surface area contributed by atoms with Crippen LogP contribution in [0.25, 0.3) is 11.1 Å². The van der Waals surface area contributed by atoms with Gasteiger partial charge in [0, 0.05) is 30.7 Å². The van der Waals surface area contributed by atoms with Crippen LogP contribution in [0.4, 0.5) is 0 Å². The molecule has 0 amide bonds. The van der Waals surface area contributed by atoms with Gasteiger partial charge in [-0.15, -0.1) is 0 Å². The number of hydrogen-bond acceptors (Lipinski definition) is 1. The maximum Gasteiger partial charge on any atom is 0.169 e. The van der Waals surface area contributed by atoms with Crippen LogP contribution in [-0.4, -0.2) is 5.11 Å². The standard InChI is InChI=1S/C21H23N2O/c1-2-22-14-9-19(10-15-22)20-11-16-23(17-12-20)13-3-4-18-5-7-21(24)8-6-18/h5-12,14-17H,2-4,13H2,1H3/q+1/p+1. The van der Waals surface area contributed by atoms with Gasteiger partial charge in [0.15, 0.2) is 24.8 Å². The summed E-state index contributed by atoms with van der Waals surface area (Å²) in [6.45, 7) is 4.13. The number of aromatic hydroxyl groups is 1. The first-order chi connectivity index (χ1) is 11.7. The Morgan fingerprint density at radius 2 is 1.29 bits per heavy atom. The number of hydrogen-bond donors (Lipinski definition) is 1. The Labute approximate surface area is 143 Å². The molecule has 122 valence electrons. The Bertz CT molecular complexity index is 762. The Morgan fingerprint density at radius 3 is 1.83 bits per heavy atom. The van der Waals surface area contributed by atoms with E-state index in [4.69, 9.17) is 0 Å². The van der Waals surface area contributed by atoms with Gasteiger partial charge in [0.05, 0.1) is 0 Å². The van der Waals surface area contributed by atoms with Crippen molar-refractivity contribution in [1.29, 1.82) is 0 Å². The Hall–Kier alpha value is -2.68. The molecular formula is C21H24N2O+2. The minimum Gasteiger partial charge on any atom is -0.508 e. The summed E-state index contributed by atoms with van der Waals surface area (Å²) in [6, 6.07) is 16.1. The van der Waals surface area contributed by atoms with E-state index in [1.807, 2.05) is 12.1 Å². The number of benzene rings is 1. The Kier molecular flexibility index (Phi) is 5.22. The fraction of sp³-hybridized carbons (Fsp3) is 0.238. The zero-order chi connectivity index (χ0) is 16.8. The van der Waals surface area contributed by atoms with Crippen molar-refractivity contribution in [3.05, 3.63) is 78.9 Å². The molecule has 1 aromatic carbocycles. The largest absolute Gasteiger partial charge is 0.508 e. The Balaban J connectivity index is 1.56. The molecule has 0 atom stereocenters. The zero-order valence-electron chi connectivity index (χ0n) is 14.1. The lowest BCUT2D eigenvalue weighted by Gasteiger charge is -2.02. The van der Waals surface area contributed by atoms with E-state index in [9.17, 15) is 5.11 Å². The maximum atomic E-state index is 9.30. The van der Waals surface area contributed by atoms with E-state index in [2.05, 4.69) is 65.1 Å². The smallest absolute Gasteiger partial charge is 0.169 e. The van der Waals surface area contributed by atoms with Gasteiger partial charge in [-0.2, -0.15) is 0 Å². The zero-order valence-corrected chi connectivity index (χ0v) is 14.1. The molecule has 3 heteroatoms. The number of rotatable bonds is 6. The van der Waals surface area contributed by atoms with E-state index in [1.165, 1.54) is 16.7 Å². The van der Waals surface area contributed by atoms with Crippen LogP contribution in [0, 0.1) is 0 Å². The summed E-state index contributed by atoms with van der Waals surface area (Å²) < 4.78 is 4.38. The fourth-order valence-corrected chi connectivity index (χ4v) is 2.79. The van der Waals surface area contributed by atoms with Crippen LogP contribution in [0.15, 0.2) is 73.3 Å². The molecule has 3 nitrogen and oxygen atoms in total. The summed E-state index contributed by atoms with van der Waals surface area (Å²) in [5, 5.41) is 9.30. The van der Waals surface area contributed by atoms with Crippen molar-refractivity contribution in [3.8, 4) is 16.9 Å². The van der Waals surface area contributed by atoms with Gasteiger partial charge in [0.25, 0.3) is 0 Å². The fourth-order valence-electron chi connectivity index (χ4n) is 2.79. The first kappa shape index (κ1) is 16.2. The monoisotopic (exact) mass is 320 g/mol. The summed E-state index contributed by atoms with van der Waals surface area (Å²) in [5.41, 5.74) is 3.75. The lowest BCUT2D eigenvalue weighted by molar-refractivity contribution is -0.697. The summed E-state index contributed by atoms with van der Waals surface area (Å²) in [7, 11) is 0. The van der Waals surface area contributed by atoms with Gasteiger partial charge < -0.3 is 5.11 Å². The molecule has 1 N–H and O–H groups in total. The molecule has 0 bridgehead atoms. The SMILES string of the molecule is CC[n+]1ccc(-c2cc[n+](CCCc3ccc(O)cc3)cc2)cc1. The topological polar surface area (TPSA) is 28.0 Å². The molecule has 0 radical (unpaired) electrons. The third-order valence-corrected chi connectivity index (χ3v) is 4.30. The molecule has 3 rings (SSSR count). The molecule has 0 fully saturated rings. The molecule has 0 aliphatic rings. The number of nitrogens with zero attached hydrogens (tertiary/aromatic N) is 2. The van der Waals surface area contributed by atoms with Crippen molar-refractivity contribution in [3.63, 3.8) is 0 Å². The minimum absolute atomic E-state index is 0.328. The summed E-state index contributed by atoms with van der Waals surface area (Å²) in [4.78, 5) is 0. The summed E-state index contributed by atoms with van der Waals surface area (Å²) in [5.74, 6) is 0.328. The summed E-state index contributed by atoms with van der Waals surface area (Å²) >= 11 is 0. The van der Waals surface area contributed by atoms with Gasteiger partial charge in [0.1, 0.15) is 18.8 Å². The first-order valence-electron chi connectivity index (χ1n) is 8.51. The molecule has 2 heterocycles. The average Bonchev–Trinajstić information content (AvgIpc) is 2.64. The molecule has 24 heavy (non-hydrogen) atoms. The molecule has 0 saturated heterocycles. The molecular weight excluding hydrogens is 296 g/mol. The van der Waals surface area contributed by atoms with Gasteiger partial charge in [0.2, 0.25) is 0 Å².